The average Bonchev–Trinajstić information content (AvgIpc) is 2.80. The lowest BCUT2D eigenvalue weighted by Crippen LogP contribution is -2.22. The van der Waals surface area contributed by atoms with Crippen molar-refractivity contribution in [3.63, 3.8) is 0 Å². The van der Waals surface area contributed by atoms with Gasteiger partial charge in [-0.1, -0.05) is 109 Å². The summed E-state index contributed by atoms with van der Waals surface area (Å²) in [5, 5.41) is 9.90. The summed E-state index contributed by atoms with van der Waals surface area (Å²) in [6, 6.07) is 0. The normalized spacial score (nSPS) is 13.0. The summed E-state index contributed by atoms with van der Waals surface area (Å²) in [6.07, 6.45) is 31.5. The minimum absolute atomic E-state index is 0.400. The van der Waals surface area contributed by atoms with Crippen LogP contribution in [0.4, 0.5) is 0 Å². The summed E-state index contributed by atoms with van der Waals surface area (Å²) in [4.78, 5) is 0. The van der Waals surface area contributed by atoms with Crippen LogP contribution in [0.15, 0.2) is 24.3 Å². The zero-order valence-corrected chi connectivity index (χ0v) is 21.7. The van der Waals surface area contributed by atoms with Crippen molar-refractivity contribution in [3.05, 3.63) is 24.3 Å². The number of aliphatic hydroxyl groups excluding tert-OH is 1. The van der Waals surface area contributed by atoms with Gasteiger partial charge in [0.15, 0.2) is 0 Å². The summed E-state index contributed by atoms with van der Waals surface area (Å²) in [6.45, 7) is 6.81. The van der Waals surface area contributed by atoms with Crippen molar-refractivity contribution < 1.29 is 14.6 Å². The molecule has 1 atom stereocenters. The Hall–Kier alpha value is -0.640. The highest BCUT2D eigenvalue weighted by Gasteiger charge is 2.04. The third-order valence-electron chi connectivity index (χ3n) is 5.75. The van der Waals surface area contributed by atoms with Crippen LogP contribution in [0.5, 0.6) is 0 Å². The number of unbranched alkanes of at least 4 members (excludes halogenated alkanes) is 14. The lowest BCUT2D eigenvalue weighted by atomic mass is 10.1. The lowest BCUT2D eigenvalue weighted by molar-refractivity contribution is -0.0201. The van der Waals surface area contributed by atoms with Gasteiger partial charge in [0.25, 0.3) is 0 Å². The van der Waals surface area contributed by atoms with Gasteiger partial charge in [0.05, 0.1) is 13.2 Å². The molecule has 0 saturated carbocycles. The summed E-state index contributed by atoms with van der Waals surface area (Å²) in [5.41, 5.74) is 0. The van der Waals surface area contributed by atoms with Gasteiger partial charge in [0.1, 0.15) is 6.10 Å². The van der Waals surface area contributed by atoms with E-state index in [-0.39, 0.29) is 0 Å². The van der Waals surface area contributed by atoms with Crippen molar-refractivity contribution in [2.75, 3.05) is 26.4 Å². The maximum Gasteiger partial charge on any atom is 0.101 e. The fourth-order valence-electron chi connectivity index (χ4n) is 3.66. The van der Waals surface area contributed by atoms with E-state index in [1.54, 1.807) is 0 Å². The van der Waals surface area contributed by atoms with Crippen LogP contribution in [-0.2, 0) is 9.47 Å². The predicted molar refractivity (Wildman–Crippen MR) is 140 cm³/mol. The lowest BCUT2D eigenvalue weighted by Gasteiger charge is -2.12. The van der Waals surface area contributed by atoms with Crippen molar-refractivity contribution in [2.45, 2.75) is 136 Å². The van der Waals surface area contributed by atoms with Gasteiger partial charge in [-0.2, -0.15) is 0 Å². The van der Waals surface area contributed by atoms with Crippen molar-refractivity contribution in [1.82, 2.24) is 0 Å². The van der Waals surface area contributed by atoms with Crippen LogP contribution in [0.1, 0.15) is 129 Å². The van der Waals surface area contributed by atoms with E-state index < -0.39 is 6.10 Å². The quantitative estimate of drug-likeness (QED) is 0.105. The Morgan fingerprint density at radius 2 is 0.938 bits per heavy atom. The van der Waals surface area contributed by atoms with Crippen molar-refractivity contribution >= 4 is 0 Å². The molecule has 0 fully saturated rings. The van der Waals surface area contributed by atoms with Gasteiger partial charge in [0, 0.05) is 13.2 Å². The monoisotopic (exact) mass is 452 g/mol. The topological polar surface area (TPSA) is 38.7 Å². The largest absolute Gasteiger partial charge is 0.388 e. The van der Waals surface area contributed by atoms with E-state index in [2.05, 4.69) is 38.2 Å². The highest BCUT2D eigenvalue weighted by atomic mass is 16.5. The number of rotatable bonds is 26. The average molecular weight is 453 g/mol. The Kier molecular flexibility index (Phi) is 27.8. The van der Waals surface area contributed by atoms with Gasteiger partial charge in [-0.05, 0) is 44.9 Å². The third kappa shape index (κ3) is 27.4. The zero-order chi connectivity index (χ0) is 23.4. The predicted octanol–water partition coefficient (Wildman–Crippen LogP) is 8.55. The molecule has 1 N–H and O–H groups in total. The van der Waals surface area contributed by atoms with Crippen LogP contribution in [0.25, 0.3) is 0 Å². The van der Waals surface area contributed by atoms with Gasteiger partial charge in [-0.15, -0.1) is 0 Å². The second kappa shape index (κ2) is 28.4. The highest BCUT2D eigenvalue weighted by molar-refractivity contribution is 4.92. The minimum atomic E-state index is -0.486. The first-order chi connectivity index (χ1) is 15.8. The van der Waals surface area contributed by atoms with Crippen LogP contribution >= 0.6 is 0 Å². The van der Waals surface area contributed by atoms with Gasteiger partial charge < -0.3 is 14.6 Å². The van der Waals surface area contributed by atoms with Gasteiger partial charge in [0.2, 0.25) is 0 Å². The molecule has 0 saturated heterocycles. The first kappa shape index (κ1) is 31.4. The molecule has 0 heterocycles. The van der Waals surface area contributed by atoms with Crippen LogP contribution < -0.4 is 0 Å². The molecule has 3 heteroatoms. The SMILES string of the molecule is CCCCC/C=C\C/C=C\CCCCCCCCOCC(O)COCCCCCCCC. The molecule has 0 aromatic carbocycles. The van der Waals surface area contributed by atoms with Crippen LogP contribution in [0, 0.1) is 0 Å². The van der Waals surface area contributed by atoms with Crippen LogP contribution in [0.2, 0.25) is 0 Å². The zero-order valence-electron chi connectivity index (χ0n) is 21.7. The fourth-order valence-corrected chi connectivity index (χ4v) is 3.66. The van der Waals surface area contributed by atoms with Crippen molar-refractivity contribution in [3.8, 4) is 0 Å². The van der Waals surface area contributed by atoms with E-state index in [0.29, 0.717) is 13.2 Å². The van der Waals surface area contributed by atoms with Gasteiger partial charge in [-0.3, -0.25) is 0 Å². The molecule has 0 spiro atoms. The first-order valence-electron chi connectivity index (χ1n) is 13.9. The molecular weight excluding hydrogens is 396 g/mol. The second-order valence-corrected chi connectivity index (χ2v) is 9.16. The molecule has 0 aliphatic carbocycles. The standard InChI is InChI=1S/C29H56O3/c1-3-5-7-9-11-12-13-14-15-16-17-18-19-20-22-24-26-32-28-29(30)27-31-25-23-21-10-8-6-4-2/h11-12,14-15,29-30H,3-10,13,16-28H2,1-2H3/b12-11-,15-14-. The summed E-state index contributed by atoms with van der Waals surface area (Å²) < 4.78 is 11.1. The summed E-state index contributed by atoms with van der Waals surface area (Å²) in [5.74, 6) is 0. The molecule has 0 radical (unpaired) electrons. The number of hydrogen-bond donors (Lipinski definition) is 1. The molecule has 0 aromatic rings. The Balaban J connectivity index is 3.21. The smallest absolute Gasteiger partial charge is 0.101 e. The highest BCUT2D eigenvalue weighted by Crippen LogP contribution is 2.09. The Morgan fingerprint density at radius 1 is 0.531 bits per heavy atom. The molecule has 0 amide bonds. The molecule has 0 rings (SSSR count). The van der Waals surface area contributed by atoms with Gasteiger partial charge in [-0.25, -0.2) is 0 Å². The van der Waals surface area contributed by atoms with Crippen LogP contribution in [-0.4, -0.2) is 37.6 Å². The fraction of sp³-hybridized carbons (Fsp3) is 0.862. The number of allylic oxidation sites excluding steroid dienone is 4. The van der Waals surface area contributed by atoms with Crippen molar-refractivity contribution in [2.24, 2.45) is 0 Å². The molecule has 190 valence electrons. The molecule has 0 bridgehead atoms. The third-order valence-corrected chi connectivity index (χ3v) is 5.75. The Labute approximate surface area is 201 Å². The van der Waals surface area contributed by atoms with E-state index >= 15 is 0 Å². The Morgan fingerprint density at radius 3 is 1.47 bits per heavy atom. The number of ether oxygens (including phenoxy) is 2. The van der Waals surface area contributed by atoms with E-state index in [1.165, 1.54) is 96.3 Å². The first-order valence-corrected chi connectivity index (χ1v) is 13.9. The number of hydrogen-bond acceptors (Lipinski definition) is 3. The summed E-state index contributed by atoms with van der Waals surface area (Å²) >= 11 is 0. The van der Waals surface area contributed by atoms with E-state index in [1.807, 2.05) is 0 Å². The molecule has 0 aromatic heterocycles. The molecule has 32 heavy (non-hydrogen) atoms. The molecule has 0 aliphatic rings. The molecular formula is C29H56O3. The van der Waals surface area contributed by atoms with E-state index in [4.69, 9.17) is 9.47 Å². The molecule has 0 aliphatic heterocycles. The maximum absolute atomic E-state index is 9.90. The van der Waals surface area contributed by atoms with Crippen molar-refractivity contribution in [1.29, 1.82) is 0 Å². The molecule has 1 unspecified atom stereocenters. The second-order valence-electron chi connectivity index (χ2n) is 9.16. The maximum atomic E-state index is 9.90. The molecule has 3 nitrogen and oxygen atoms in total. The van der Waals surface area contributed by atoms with E-state index in [9.17, 15) is 5.11 Å². The van der Waals surface area contributed by atoms with Gasteiger partial charge >= 0.3 is 0 Å². The summed E-state index contributed by atoms with van der Waals surface area (Å²) in [7, 11) is 0. The Bertz CT molecular complexity index is 392. The minimum Gasteiger partial charge on any atom is -0.388 e. The van der Waals surface area contributed by atoms with E-state index in [0.717, 1.165) is 32.5 Å². The number of aliphatic hydroxyl groups is 1. The van der Waals surface area contributed by atoms with Crippen LogP contribution in [0.3, 0.4) is 0 Å².